The molecule has 0 radical (unpaired) electrons. The van der Waals surface area contributed by atoms with Gasteiger partial charge >= 0.3 is 0 Å². The summed E-state index contributed by atoms with van der Waals surface area (Å²) in [6.45, 7) is 2.68. The number of aryl methyl sites for hydroxylation is 1. The highest BCUT2D eigenvalue weighted by Crippen LogP contribution is 2.36. The Balaban J connectivity index is 1.32. The monoisotopic (exact) mass is 491 g/mol. The first-order chi connectivity index (χ1) is 17.8. The molecule has 2 aromatic heterocycles. The molecule has 0 saturated carbocycles. The van der Waals surface area contributed by atoms with Gasteiger partial charge in [-0.15, -0.1) is 0 Å². The fourth-order valence-corrected chi connectivity index (χ4v) is 6.10. The fourth-order valence-electron chi connectivity index (χ4n) is 5.04. The van der Waals surface area contributed by atoms with Gasteiger partial charge in [0, 0.05) is 53.7 Å². The maximum absolute atomic E-state index is 4.28. The zero-order valence-electron chi connectivity index (χ0n) is 20.1. The van der Waals surface area contributed by atoms with Gasteiger partial charge in [-0.1, -0.05) is 54.6 Å². The lowest BCUT2D eigenvalue weighted by Gasteiger charge is -2.34. The molecular weight excluding hydrogens is 462 g/mol. The number of para-hydroxylation sites is 1. The second-order valence-corrected chi connectivity index (χ2v) is 10.5. The molecule has 1 aliphatic heterocycles. The average molecular weight is 492 g/mol. The highest BCUT2D eigenvalue weighted by molar-refractivity contribution is 7.97. The number of rotatable bonds is 7. The minimum Gasteiger partial charge on any atom is -0.361 e. The first-order valence-electron chi connectivity index (χ1n) is 12.4. The van der Waals surface area contributed by atoms with E-state index in [4.69, 9.17) is 0 Å². The number of hydrogen-bond donors (Lipinski definition) is 1. The Morgan fingerprint density at radius 3 is 2.67 bits per heavy atom. The molecule has 3 aromatic carbocycles. The van der Waals surface area contributed by atoms with Crippen molar-refractivity contribution in [3.63, 3.8) is 0 Å². The zero-order chi connectivity index (χ0) is 24.2. The van der Waals surface area contributed by atoms with Gasteiger partial charge < -0.3 is 9.88 Å². The maximum atomic E-state index is 4.28. The second kappa shape index (κ2) is 10.6. The number of H-pyrrole nitrogens is 1. The second-order valence-electron chi connectivity index (χ2n) is 9.31. The van der Waals surface area contributed by atoms with Crippen molar-refractivity contribution in [1.82, 2.24) is 19.3 Å². The van der Waals surface area contributed by atoms with Crippen molar-refractivity contribution in [3.05, 3.63) is 121 Å². The number of hydrogen-bond acceptors (Lipinski definition) is 5. The Morgan fingerprint density at radius 2 is 1.78 bits per heavy atom. The van der Waals surface area contributed by atoms with E-state index in [0.717, 1.165) is 38.2 Å². The normalized spacial score (nSPS) is 16.1. The number of aromatic nitrogens is 3. The van der Waals surface area contributed by atoms with Crippen LogP contribution in [0.5, 0.6) is 0 Å². The Morgan fingerprint density at radius 1 is 0.889 bits per heavy atom. The number of nitrogens with one attached hydrogen (secondary N) is 1. The van der Waals surface area contributed by atoms with E-state index in [0.29, 0.717) is 6.04 Å². The summed E-state index contributed by atoms with van der Waals surface area (Å²) in [4.78, 5) is 15.7. The number of anilines is 1. The summed E-state index contributed by atoms with van der Waals surface area (Å²) < 4.78 is 2.53. The summed E-state index contributed by atoms with van der Waals surface area (Å²) >= 11 is 1.86. The highest BCUT2D eigenvalue weighted by Gasteiger charge is 2.29. The molecule has 0 fully saturated rings. The molecule has 0 saturated heterocycles. The van der Waals surface area contributed by atoms with Crippen LogP contribution in [0, 0.1) is 0 Å². The van der Waals surface area contributed by atoms with E-state index in [-0.39, 0.29) is 0 Å². The van der Waals surface area contributed by atoms with E-state index in [1.807, 2.05) is 30.5 Å². The Kier molecular flexibility index (Phi) is 6.70. The molecule has 6 heteroatoms. The fraction of sp³-hybridized carbons (Fsp3) is 0.200. The Hall–Kier alpha value is -3.61. The number of pyridine rings is 1. The summed E-state index contributed by atoms with van der Waals surface area (Å²) in [5.74, 6) is 0. The number of imidazole rings is 1. The van der Waals surface area contributed by atoms with Gasteiger partial charge in [0.25, 0.3) is 0 Å². The van der Waals surface area contributed by atoms with Gasteiger partial charge in [-0.05, 0) is 65.6 Å². The molecular formula is C30H29N5S. The van der Waals surface area contributed by atoms with Gasteiger partial charge in [0.15, 0.2) is 0 Å². The van der Waals surface area contributed by atoms with Crippen LogP contribution in [0.15, 0.2) is 109 Å². The molecule has 1 aliphatic rings. The Bertz CT molecular complexity index is 1420. The molecule has 0 aliphatic carbocycles. The summed E-state index contributed by atoms with van der Waals surface area (Å²) in [5, 5.41) is 2.40. The lowest BCUT2D eigenvalue weighted by molar-refractivity contribution is 0.407. The predicted molar refractivity (Wildman–Crippen MR) is 148 cm³/mol. The minimum atomic E-state index is 0.356. The molecule has 5 nitrogen and oxygen atoms in total. The van der Waals surface area contributed by atoms with Crippen molar-refractivity contribution < 1.29 is 0 Å². The van der Waals surface area contributed by atoms with Crippen LogP contribution in [0.25, 0.3) is 10.8 Å². The third-order valence-electron chi connectivity index (χ3n) is 6.85. The SMILES string of the molecule is c1ccc(CCC2CN(Sc3ccc4cnccc4c3)Cc3ccccc3N2Cc2cnc[nH]2)cc1. The smallest absolute Gasteiger partial charge is 0.0922 e. The standard InChI is InChI=1S/C30H29N5S/c1-2-6-23(7-3-1)10-12-28-21-34(36-29-13-11-25-17-31-15-14-24(25)16-29)19-26-8-4-5-9-30(26)35(28)20-27-18-32-22-33-27/h1-9,11,13-18,22,28H,10,12,19-21H2,(H,32,33). The zero-order valence-corrected chi connectivity index (χ0v) is 20.9. The Labute approximate surface area is 216 Å². The van der Waals surface area contributed by atoms with Crippen molar-refractivity contribution in [1.29, 1.82) is 0 Å². The van der Waals surface area contributed by atoms with Gasteiger partial charge in [0.2, 0.25) is 0 Å². The molecule has 6 rings (SSSR count). The molecule has 0 spiro atoms. The van der Waals surface area contributed by atoms with Crippen molar-refractivity contribution in [3.8, 4) is 0 Å². The number of aromatic amines is 1. The van der Waals surface area contributed by atoms with Crippen LogP contribution in [0.4, 0.5) is 5.69 Å². The molecule has 36 heavy (non-hydrogen) atoms. The lowest BCUT2D eigenvalue weighted by atomic mass is 10.0. The molecule has 0 amide bonds. The van der Waals surface area contributed by atoms with Crippen LogP contribution in [0.2, 0.25) is 0 Å². The molecule has 1 unspecified atom stereocenters. The van der Waals surface area contributed by atoms with Crippen molar-refractivity contribution in [2.45, 2.75) is 36.9 Å². The number of fused-ring (bicyclic) bond motifs is 2. The molecule has 1 N–H and O–H groups in total. The van der Waals surface area contributed by atoms with Crippen LogP contribution >= 0.6 is 11.9 Å². The van der Waals surface area contributed by atoms with Gasteiger partial charge in [-0.25, -0.2) is 9.29 Å². The highest BCUT2D eigenvalue weighted by atomic mass is 32.2. The number of benzene rings is 3. The van der Waals surface area contributed by atoms with Crippen LogP contribution in [0.1, 0.15) is 23.2 Å². The van der Waals surface area contributed by atoms with Crippen LogP contribution < -0.4 is 4.90 Å². The third kappa shape index (κ3) is 5.15. The van der Waals surface area contributed by atoms with Gasteiger partial charge in [0.05, 0.1) is 18.6 Å². The molecule has 0 bridgehead atoms. The van der Waals surface area contributed by atoms with E-state index in [9.17, 15) is 0 Å². The van der Waals surface area contributed by atoms with E-state index in [1.165, 1.54) is 32.5 Å². The number of nitrogens with zero attached hydrogens (tertiary/aromatic N) is 4. The maximum Gasteiger partial charge on any atom is 0.0922 e. The first kappa shape index (κ1) is 22.8. The van der Waals surface area contributed by atoms with Crippen LogP contribution in [0.3, 0.4) is 0 Å². The molecule has 3 heterocycles. The molecule has 1 atom stereocenters. The van der Waals surface area contributed by atoms with Crippen molar-refractivity contribution >= 4 is 28.4 Å². The van der Waals surface area contributed by atoms with Gasteiger partial charge in [-0.2, -0.15) is 0 Å². The summed E-state index contributed by atoms with van der Waals surface area (Å²) in [6.07, 6.45) is 9.64. The largest absolute Gasteiger partial charge is 0.361 e. The summed E-state index contributed by atoms with van der Waals surface area (Å²) in [7, 11) is 0. The predicted octanol–water partition coefficient (Wildman–Crippen LogP) is 6.49. The minimum absolute atomic E-state index is 0.356. The quantitative estimate of drug-likeness (QED) is 0.264. The van der Waals surface area contributed by atoms with Gasteiger partial charge in [-0.3, -0.25) is 4.98 Å². The van der Waals surface area contributed by atoms with Crippen LogP contribution in [-0.2, 0) is 19.5 Å². The van der Waals surface area contributed by atoms with E-state index in [1.54, 1.807) is 6.33 Å². The third-order valence-corrected chi connectivity index (χ3v) is 7.86. The van der Waals surface area contributed by atoms with Gasteiger partial charge in [0.1, 0.15) is 0 Å². The topological polar surface area (TPSA) is 48.1 Å². The van der Waals surface area contributed by atoms with Crippen LogP contribution in [-0.4, -0.2) is 31.8 Å². The average Bonchev–Trinajstić information content (AvgIpc) is 3.39. The lowest BCUT2D eigenvalue weighted by Crippen LogP contribution is -2.40. The summed E-state index contributed by atoms with van der Waals surface area (Å²) in [6, 6.07) is 28.8. The van der Waals surface area contributed by atoms with Crippen molar-refractivity contribution in [2.24, 2.45) is 0 Å². The first-order valence-corrected chi connectivity index (χ1v) is 13.2. The molecule has 5 aromatic rings. The van der Waals surface area contributed by atoms with E-state index < -0.39 is 0 Å². The summed E-state index contributed by atoms with van der Waals surface area (Å²) in [5.41, 5.74) is 5.20. The van der Waals surface area contributed by atoms with E-state index >= 15 is 0 Å². The van der Waals surface area contributed by atoms with E-state index in [2.05, 4.69) is 103 Å². The molecule has 180 valence electrons. The van der Waals surface area contributed by atoms with Crippen molar-refractivity contribution in [2.75, 3.05) is 11.4 Å².